The van der Waals surface area contributed by atoms with Gasteiger partial charge in [0.2, 0.25) is 0 Å². The van der Waals surface area contributed by atoms with Crippen LogP contribution in [0.25, 0.3) is 10.9 Å². The summed E-state index contributed by atoms with van der Waals surface area (Å²) in [4.78, 5) is 4.37. The van der Waals surface area contributed by atoms with Crippen LogP contribution >= 0.6 is 11.6 Å². The Labute approximate surface area is 109 Å². The van der Waals surface area contributed by atoms with Crippen molar-refractivity contribution in [1.82, 2.24) is 4.98 Å². The molecule has 0 radical (unpaired) electrons. The van der Waals surface area contributed by atoms with Gasteiger partial charge in [0.15, 0.2) is 0 Å². The fraction of sp³-hybridized carbons (Fsp3) is 0.0714. The van der Waals surface area contributed by atoms with Gasteiger partial charge in [0.1, 0.15) is 0 Å². The minimum absolute atomic E-state index is 0.698. The van der Waals surface area contributed by atoms with Crippen molar-refractivity contribution in [1.29, 1.82) is 0 Å². The molecule has 0 bridgehead atoms. The first kappa shape index (κ1) is 11.1. The van der Waals surface area contributed by atoms with Crippen LogP contribution in [0.3, 0.4) is 0 Å². The highest BCUT2D eigenvalue weighted by molar-refractivity contribution is 6.35. The molecule has 18 heavy (non-hydrogen) atoms. The van der Waals surface area contributed by atoms with Gasteiger partial charge in [0, 0.05) is 23.7 Å². The molecule has 0 unspecified atom stereocenters. The molecular formula is C14H11ClN2O. The van der Waals surface area contributed by atoms with Crippen molar-refractivity contribution in [3.05, 3.63) is 59.6 Å². The Kier molecular flexibility index (Phi) is 2.90. The molecule has 0 aliphatic heterocycles. The number of nitrogens with one attached hydrogen (secondary N) is 1. The van der Waals surface area contributed by atoms with Gasteiger partial charge in [0.25, 0.3) is 0 Å². The van der Waals surface area contributed by atoms with E-state index in [1.807, 2.05) is 30.3 Å². The van der Waals surface area contributed by atoms with E-state index < -0.39 is 0 Å². The Balaban J connectivity index is 1.94. The van der Waals surface area contributed by atoms with E-state index in [1.54, 1.807) is 18.7 Å². The lowest BCUT2D eigenvalue weighted by Gasteiger charge is -2.08. The highest BCUT2D eigenvalue weighted by Gasteiger charge is 2.05. The third-order valence-corrected chi connectivity index (χ3v) is 3.11. The molecule has 3 aromatic rings. The van der Waals surface area contributed by atoms with Crippen molar-refractivity contribution < 1.29 is 4.42 Å². The van der Waals surface area contributed by atoms with Crippen LogP contribution in [0.2, 0.25) is 5.02 Å². The van der Waals surface area contributed by atoms with E-state index in [-0.39, 0.29) is 0 Å². The maximum Gasteiger partial charge on any atom is 0.0952 e. The Bertz CT molecular complexity index is 665. The Morgan fingerprint density at radius 1 is 1.22 bits per heavy atom. The van der Waals surface area contributed by atoms with Crippen molar-refractivity contribution in [3.63, 3.8) is 0 Å². The fourth-order valence-electron chi connectivity index (χ4n) is 1.87. The van der Waals surface area contributed by atoms with Crippen LogP contribution in [-0.4, -0.2) is 4.98 Å². The summed E-state index contributed by atoms with van der Waals surface area (Å²) in [6, 6.07) is 9.60. The average molecular weight is 259 g/mol. The molecule has 0 aliphatic carbocycles. The van der Waals surface area contributed by atoms with Crippen LogP contribution < -0.4 is 5.32 Å². The summed E-state index contributed by atoms with van der Waals surface area (Å²) >= 11 is 6.15. The molecule has 0 spiro atoms. The Morgan fingerprint density at radius 3 is 3.00 bits per heavy atom. The number of furan rings is 1. The molecule has 2 aromatic heterocycles. The quantitative estimate of drug-likeness (QED) is 0.769. The Morgan fingerprint density at radius 2 is 2.17 bits per heavy atom. The summed E-state index contributed by atoms with van der Waals surface area (Å²) in [6.45, 7) is 0.698. The highest BCUT2D eigenvalue weighted by Crippen LogP contribution is 2.28. The fourth-order valence-corrected chi connectivity index (χ4v) is 2.09. The number of pyridine rings is 1. The van der Waals surface area contributed by atoms with Crippen molar-refractivity contribution in [3.8, 4) is 0 Å². The molecule has 1 N–H and O–H groups in total. The SMILES string of the molecule is Clc1ccc(NCc2ccoc2)c2ncccc12. The first-order chi connectivity index (χ1) is 8.84. The number of hydrogen-bond acceptors (Lipinski definition) is 3. The lowest BCUT2D eigenvalue weighted by atomic mass is 10.2. The lowest BCUT2D eigenvalue weighted by molar-refractivity contribution is 0.564. The van der Waals surface area contributed by atoms with Gasteiger partial charge < -0.3 is 9.73 Å². The second-order valence-electron chi connectivity index (χ2n) is 3.98. The minimum atomic E-state index is 0.698. The van der Waals surface area contributed by atoms with Gasteiger partial charge >= 0.3 is 0 Å². The number of hydrogen-bond donors (Lipinski definition) is 1. The van der Waals surface area contributed by atoms with Gasteiger partial charge in [0.05, 0.1) is 28.8 Å². The monoisotopic (exact) mass is 258 g/mol. The topological polar surface area (TPSA) is 38.1 Å². The normalized spacial score (nSPS) is 10.7. The zero-order chi connectivity index (χ0) is 12.4. The Hall–Kier alpha value is -2.00. The first-order valence-corrected chi connectivity index (χ1v) is 6.00. The molecule has 90 valence electrons. The first-order valence-electron chi connectivity index (χ1n) is 5.63. The molecule has 3 rings (SSSR count). The molecule has 0 amide bonds. The second kappa shape index (κ2) is 4.70. The number of fused-ring (bicyclic) bond motifs is 1. The van der Waals surface area contributed by atoms with Crippen LogP contribution in [0.15, 0.2) is 53.5 Å². The highest BCUT2D eigenvalue weighted by atomic mass is 35.5. The lowest BCUT2D eigenvalue weighted by Crippen LogP contribution is -1.99. The minimum Gasteiger partial charge on any atom is -0.472 e. The number of benzene rings is 1. The molecule has 0 atom stereocenters. The van der Waals surface area contributed by atoms with Crippen molar-refractivity contribution in [2.24, 2.45) is 0 Å². The molecule has 3 nitrogen and oxygen atoms in total. The second-order valence-corrected chi connectivity index (χ2v) is 4.39. The smallest absolute Gasteiger partial charge is 0.0952 e. The summed E-state index contributed by atoms with van der Waals surface area (Å²) in [5, 5.41) is 5.01. The van der Waals surface area contributed by atoms with Crippen LogP contribution in [0.5, 0.6) is 0 Å². The maximum atomic E-state index is 6.15. The van der Waals surface area contributed by atoms with E-state index in [0.29, 0.717) is 11.6 Å². The van der Waals surface area contributed by atoms with Gasteiger partial charge in [-0.3, -0.25) is 4.98 Å². The maximum absolute atomic E-state index is 6.15. The van der Waals surface area contributed by atoms with E-state index in [9.17, 15) is 0 Å². The number of aromatic nitrogens is 1. The largest absolute Gasteiger partial charge is 0.472 e. The van der Waals surface area contributed by atoms with Crippen LogP contribution in [0.1, 0.15) is 5.56 Å². The van der Waals surface area contributed by atoms with Gasteiger partial charge in [-0.15, -0.1) is 0 Å². The molecule has 0 saturated heterocycles. The summed E-state index contributed by atoms with van der Waals surface area (Å²) < 4.78 is 5.03. The van der Waals surface area contributed by atoms with Crippen molar-refractivity contribution >= 4 is 28.2 Å². The number of rotatable bonds is 3. The molecular weight excluding hydrogens is 248 g/mol. The standard InChI is InChI=1S/C14H11ClN2O/c15-12-3-4-13(14-11(12)2-1-6-16-14)17-8-10-5-7-18-9-10/h1-7,9,17H,8H2. The zero-order valence-electron chi connectivity index (χ0n) is 9.56. The van der Waals surface area contributed by atoms with Gasteiger partial charge in [-0.25, -0.2) is 0 Å². The van der Waals surface area contributed by atoms with Gasteiger partial charge in [-0.2, -0.15) is 0 Å². The van der Waals surface area contributed by atoms with Crippen LogP contribution in [0, 0.1) is 0 Å². The van der Waals surface area contributed by atoms with Crippen LogP contribution in [0.4, 0.5) is 5.69 Å². The van der Waals surface area contributed by atoms with Crippen molar-refractivity contribution in [2.45, 2.75) is 6.54 Å². The zero-order valence-corrected chi connectivity index (χ0v) is 10.3. The third-order valence-electron chi connectivity index (χ3n) is 2.78. The molecule has 0 aliphatic rings. The summed E-state index contributed by atoms with van der Waals surface area (Å²) in [5.41, 5.74) is 2.94. The van der Waals surface area contributed by atoms with Crippen molar-refractivity contribution in [2.75, 3.05) is 5.32 Å². The molecule has 4 heteroatoms. The summed E-state index contributed by atoms with van der Waals surface area (Å²) in [7, 11) is 0. The molecule has 0 saturated carbocycles. The van der Waals surface area contributed by atoms with E-state index in [2.05, 4.69) is 10.3 Å². The van der Waals surface area contributed by atoms with E-state index in [4.69, 9.17) is 16.0 Å². The molecule has 0 fully saturated rings. The summed E-state index contributed by atoms with van der Waals surface area (Å²) in [6.07, 6.45) is 5.15. The predicted molar refractivity (Wildman–Crippen MR) is 72.8 cm³/mol. The van der Waals surface area contributed by atoms with E-state index in [0.717, 1.165) is 22.2 Å². The number of anilines is 1. The van der Waals surface area contributed by atoms with E-state index >= 15 is 0 Å². The van der Waals surface area contributed by atoms with Crippen LogP contribution in [-0.2, 0) is 6.54 Å². The number of halogens is 1. The summed E-state index contributed by atoms with van der Waals surface area (Å²) in [5.74, 6) is 0. The predicted octanol–water partition coefficient (Wildman–Crippen LogP) is 4.09. The molecule has 2 heterocycles. The van der Waals surface area contributed by atoms with E-state index in [1.165, 1.54) is 0 Å². The number of nitrogens with zero attached hydrogens (tertiary/aromatic N) is 1. The third kappa shape index (κ3) is 2.05. The van der Waals surface area contributed by atoms with Gasteiger partial charge in [-0.1, -0.05) is 11.6 Å². The average Bonchev–Trinajstić information content (AvgIpc) is 2.92. The molecule has 1 aromatic carbocycles. The van der Waals surface area contributed by atoms with Gasteiger partial charge in [-0.05, 0) is 30.3 Å².